The molecule has 1 saturated heterocycles. The normalized spacial score (nSPS) is 17.2. The molecule has 0 spiro atoms. The Bertz CT molecular complexity index is 691. The van der Waals surface area contributed by atoms with Crippen LogP contribution in [0.5, 0.6) is 0 Å². The maximum Gasteiger partial charge on any atom is 0.287 e. The van der Waals surface area contributed by atoms with Gasteiger partial charge in [-0.3, -0.25) is 4.79 Å². The molecule has 2 rings (SSSR count). The molecule has 27 heavy (non-hydrogen) atoms. The van der Waals surface area contributed by atoms with E-state index in [0.717, 1.165) is 32.1 Å². The maximum atomic E-state index is 12.6. The van der Waals surface area contributed by atoms with Crippen LogP contribution in [0.15, 0.2) is 21.6 Å². The van der Waals surface area contributed by atoms with E-state index in [-0.39, 0.29) is 17.0 Å². The van der Waals surface area contributed by atoms with E-state index in [1.165, 1.54) is 16.4 Å². The summed E-state index contributed by atoms with van der Waals surface area (Å²) in [5.74, 6) is 0.0633. The topological polar surface area (TPSA) is 88.9 Å². The van der Waals surface area contributed by atoms with E-state index in [9.17, 15) is 13.2 Å². The van der Waals surface area contributed by atoms with E-state index in [1.54, 1.807) is 7.11 Å². The maximum absolute atomic E-state index is 12.6. The zero-order valence-corrected chi connectivity index (χ0v) is 17.4. The summed E-state index contributed by atoms with van der Waals surface area (Å²) in [7, 11) is -1.97. The van der Waals surface area contributed by atoms with Crippen molar-refractivity contribution in [3.63, 3.8) is 0 Å². The van der Waals surface area contributed by atoms with Gasteiger partial charge in [0.15, 0.2) is 5.76 Å². The van der Waals surface area contributed by atoms with Gasteiger partial charge in [0.2, 0.25) is 5.09 Å². The Hall–Kier alpha value is -1.38. The molecular weight excluding hydrogens is 368 g/mol. The number of furan rings is 1. The quantitative estimate of drug-likeness (QED) is 0.652. The van der Waals surface area contributed by atoms with Crippen molar-refractivity contribution in [3.05, 3.63) is 17.9 Å². The van der Waals surface area contributed by atoms with Crippen LogP contribution in [0.1, 0.15) is 62.9 Å². The molecule has 1 aliphatic heterocycles. The molecule has 0 unspecified atom stereocenters. The highest BCUT2D eigenvalue weighted by atomic mass is 32.2. The minimum atomic E-state index is -3.66. The fourth-order valence-electron chi connectivity index (χ4n) is 3.59. The Morgan fingerprint density at radius 3 is 2.48 bits per heavy atom. The number of amides is 1. The first-order chi connectivity index (χ1) is 12.9. The van der Waals surface area contributed by atoms with Crippen LogP contribution in [0.4, 0.5) is 0 Å². The summed E-state index contributed by atoms with van der Waals surface area (Å²) in [6, 6.07) is 2.78. The van der Waals surface area contributed by atoms with Crippen molar-refractivity contribution >= 4 is 15.9 Å². The molecule has 154 valence electrons. The number of piperidine rings is 1. The van der Waals surface area contributed by atoms with Crippen molar-refractivity contribution < 1.29 is 22.4 Å². The van der Waals surface area contributed by atoms with E-state index in [2.05, 4.69) is 19.2 Å². The van der Waals surface area contributed by atoms with Gasteiger partial charge >= 0.3 is 0 Å². The zero-order chi connectivity index (χ0) is 19.9. The third-order valence-corrected chi connectivity index (χ3v) is 7.08. The van der Waals surface area contributed by atoms with Gasteiger partial charge in [0.1, 0.15) is 0 Å². The van der Waals surface area contributed by atoms with Gasteiger partial charge in [-0.05, 0) is 37.3 Å². The largest absolute Gasteiger partial charge is 0.438 e. The second kappa shape index (κ2) is 10.2. The number of methoxy groups -OCH3 is 1. The molecule has 1 N–H and O–H groups in total. The molecule has 0 radical (unpaired) electrons. The average Bonchev–Trinajstić information content (AvgIpc) is 3.19. The minimum Gasteiger partial charge on any atom is -0.438 e. The Balaban J connectivity index is 1.92. The van der Waals surface area contributed by atoms with E-state index < -0.39 is 15.9 Å². The first-order valence-electron chi connectivity index (χ1n) is 9.85. The Morgan fingerprint density at radius 1 is 1.22 bits per heavy atom. The summed E-state index contributed by atoms with van der Waals surface area (Å²) in [5.41, 5.74) is 0. The summed E-state index contributed by atoms with van der Waals surface area (Å²) >= 11 is 0. The van der Waals surface area contributed by atoms with Crippen molar-refractivity contribution in [2.75, 3.05) is 26.7 Å². The zero-order valence-electron chi connectivity index (χ0n) is 16.6. The van der Waals surface area contributed by atoms with Gasteiger partial charge < -0.3 is 14.5 Å². The third-order valence-electron chi connectivity index (χ3n) is 5.31. The predicted octanol–water partition coefficient (Wildman–Crippen LogP) is 3.03. The lowest BCUT2D eigenvalue weighted by Crippen LogP contribution is -2.35. The highest BCUT2D eigenvalue weighted by molar-refractivity contribution is 7.89. The van der Waals surface area contributed by atoms with Crippen LogP contribution < -0.4 is 5.32 Å². The van der Waals surface area contributed by atoms with Gasteiger partial charge in [-0.15, -0.1) is 0 Å². The molecule has 0 aliphatic carbocycles. The fourth-order valence-corrected chi connectivity index (χ4v) is 5.02. The molecule has 0 bridgehead atoms. The van der Waals surface area contributed by atoms with E-state index in [0.29, 0.717) is 32.0 Å². The molecule has 1 aromatic heterocycles. The standard InChI is InChI=1S/C19H32N2O5S/c1-4-15(5-2)16(25-3)11-12-20-19(22)17-9-10-18(26-17)27(23,24)21-13-7-6-8-14-21/h9-10,15-16H,4-8,11-14H2,1-3H3,(H,20,22)/t16-/m0/s1. The Kier molecular flexibility index (Phi) is 8.31. The van der Waals surface area contributed by atoms with Gasteiger partial charge in [-0.1, -0.05) is 33.1 Å². The lowest BCUT2D eigenvalue weighted by Gasteiger charge is -2.24. The molecule has 2 heterocycles. The van der Waals surface area contributed by atoms with Gasteiger partial charge in [0, 0.05) is 26.7 Å². The van der Waals surface area contributed by atoms with Crippen LogP contribution in [-0.4, -0.2) is 51.5 Å². The van der Waals surface area contributed by atoms with Crippen molar-refractivity contribution in [1.29, 1.82) is 0 Å². The number of hydrogen-bond donors (Lipinski definition) is 1. The van der Waals surface area contributed by atoms with Crippen LogP contribution in [0.3, 0.4) is 0 Å². The number of carbonyl (C=O) groups is 1. The van der Waals surface area contributed by atoms with Gasteiger partial charge in [-0.25, -0.2) is 8.42 Å². The summed E-state index contributed by atoms with van der Waals surface area (Å²) < 4.78 is 37.5. The van der Waals surface area contributed by atoms with Gasteiger partial charge in [-0.2, -0.15) is 4.31 Å². The first kappa shape index (κ1) is 21.9. The fraction of sp³-hybridized carbons (Fsp3) is 0.737. The molecule has 1 aromatic rings. The van der Waals surface area contributed by atoms with E-state index >= 15 is 0 Å². The Morgan fingerprint density at radius 2 is 1.89 bits per heavy atom. The number of ether oxygens (including phenoxy) is 1. The van der Waals surface area contributed by atoms with Crippen LogP contribution in [0.2, 0.25) is 0 Å². The molecule has 0 aromatic carbocycles. The van der Waals surface area contributed by atoms with E-state index in [1.807, 2.05) is 0 Å². The summed E-state index contributed by atoms with van der Waals surface area (Å²) in [5, 5.41) is 2.62. The first-order valence-corrected chi connectivity index (χ1v) is 11.3. The average molecular weight is 401 g/mol. The lowest BCUT2D eigenvalue weighted by atomic mass is 9.94. The van der Waals surface area contributed by atoms with Crippen LogP contribution in [0.25, 0.3) is 0 Å². The van der Waals surface area contributed by atoms with Crippen molar-refractivity contribution in [1.82, 2.24) is 9.62 Å². The highest BCUT2D eigenvalue weighted by Gasteiger charge is 2.29. The predicted molar refractivity (Wildman–Crippen MR) is 103 cm³/mol. The Labute approximate surface area is 162 Å². The minimum absolute atomic E-state index is 0.0158. The molecule has 1 amide bonds. The molecule has 1 fully saturated rings. The summed E-state index contributed by atoms with van der Waals surface area (Å²) in [4.78, 5) is 12.3. The molecule has 1 aliphatic rings. The second-order valence-electron chi connectivity index (χ2n) is 6.98. The summed E-state index contributed by atoms with van der Waals surface area (Å²) in [6.45, 7) is 5.71. The number of hydrogen-bond acceptors (Lipinski definition) is 5. The van der Waals surface area contributed by atoms with E-state index in [4.69, 9.17) is 9.15 Å². The monoisotopic (exact) mass is 400 g/mol. The van der Waals surface area contributed by atoms with Crippen molar-refractivity contribution in [3.8, 4) is 0 Å². The van der Waals surface area contributed by atoms with Crippen LogP contribution in [0, 0.1) is 5.92 Å². The number of nitrogens with zero attached hydrogens (tertiary/aromatic N) is 1. The summed E-state index contributed by atoms with van der Waals surface area (Å²) in [6.07, 6.45) is 5.59. The van der Waals surface area contributed by atoms with Crippen molar-refractivity contribution in [2.45, 2.75) is 63.6 Å². The van der Waals surface area contributed by atoms with Crippen molar-refractivity contribution in [2.24, 2.45) is 5.92 Å². The molecule has 8 heteroatoms. The number of carbonyl (C=O) groups excluding carboxylic acids is 1. The second-order valence-corrected chi connectivity index (χ2v) is 8.85. The molecule has 1 atom stereocenters. The number of nitrogens with one attached hydrogen (secondary N) is 1. The molecule has 0 saturated carbocycles. The van der Waals surface area contributed by atoms with Gasteiger partial charge in [0.05, 0.1) is 6.10 Å². The smallest absolute Gasteiger partial charge is 0.287 e. The highest BCUT2D eigenvalue weighted by Crippen LogP contribution is 2.22. The molecular formula is C19H32N2O5S. The number of sulfonamides is 1. The molecule has 7 nitrogen and oxygen atoms in total. The van der Waals surface area contributed by atoms with Crippen LogP contribution in [-0.2, 0) is 14.8 Å². The van der Waals surface area contributed by atoms with Crippen LogP contribution >= 0.6 is 0 Å². The third kappa shape index (κ3) is 5.56. The lowest BCUT2D eigenvalue weighted by molar-refractivity contribution is 0.0419. The number of rotatable bonds is 10. The van der Waals surface area contributed by atoms with Gasteiger partial charge in [0.25, 0.3) is 15.9 Å². The SMILES string of the molecule is CCC(CC)[C@H](CCNC(=O)c1ccc(S(=O)(=O)N2CCCCC2)o1)OC.